The molecule has 0 unspecified atom stereocenters. The zero-order valence-corrected chi connectivity index (χ0v) is 21.0. The number of benzene rings is 2. The molecule has 0 spiro atoms. The first-order chi connectivity index (χ1) is 12.0. The molecule has 6 nitrogen and oxygen atoms in total. The molecule has 3 rings (SSSR count). The highest BCUT2D eigenvalue weighted by molar-refractivity contribution is 14.1. The van der Waals surface area contributed by atoms with E-state index >= 15 is 0 Å². The third-order valence-electron chi connectivity index (χ3n) is 3.93. The molecule has 0 radical (unpaired) electrons. The average molecular weight is 732 g/mol. The van der Waals surface area contributed by atoms with Gasteiger partial charge in [-0.3, -0.25) is 4.55 Å². The molecule has 140 valence electrons. The smallest absolute Gasteiger partial charge is 0.341 e. The second-order valence-electron chi connectivity index (χ2n) is 5.56. The van der Waals surface area contributed by atoms with Gasteiger partial charge in [0.1, 0.15) is 10.6 Å². The number of hydrogen-bond donors (Lipinski definition) is 1. The quantitative estimate of drug-likeness (QED) is 0.221. The first-order valence-corrected chi connectivity index (χ1v) is 13.3. The Morgan fingerprint density at radius 1 is 0.885 bits per heavy atom. The fourth-order valence-electron chi connectivity index (χ4n) is 2.86. The highest BCUT2D eigenvalue weighted by atomic mass is 127. The summed E-state index contributed by atoms with van der Waals surface area (Å²) in [5.41, 5.74) is 0.937. The molecule has 0 aromatic heterocycles. The van der Waals surface area contributed by atoms with Gasteiger partial charge in [0.15, 0.2) is 0 Å². The molecule has 0 heterocycles. The van der Waals surface area contributed by atoms with Gasteiger partial charge in [0.2, 0.25) is 0 Å². The van der Waals surface area contributed by atoms with Gasteiger partial charge in [0.05, 0.1) is 4.90 Å². The van der Waals surface area contributed by atoms with Gasteiger partial charge < -0.3 is 4.18 Å². The van der Waals surface area contributed by atoms with Gasteiger partial charge >= 0.3 is 10.1 Å². The highest BCUT2D eigenvalue weighted by Crippen LogP contribution is 2.37. The molecule has 0 fully saturated rings. The predicted molar refractivity (Wildman–Crippen MR) is 121 cm³/mol. The number of hydrogen-bond acceptors (Lipinski definition) is 5. The van der Waals surface area contributed by atoms with E-state index in [1.165, 1.54) is 12.1 Å². The minimum atomic E-state index is -4.37. The fraction of sp³-hybridized carbons (Fsp3) is 0.200. The Bertz CT molecular complexity index is 1110. The average Bonchev–Trinajstić information content (AvgIpc) is 2.99. The SMILES string of the molecule is O=S(=O)(O)c1ccc(OS(=O)(=O)c2c(I)ccc(I)c2I)c2c1CCC2. The third kappa shape index (κ3) is 4.01. The molecule has 2 aromatic rings. The van der Waals surface area contributed by atoms with Crippen LogP contribution in [0.5, 0.6) is 5.75 Å². The van der Waals surface area contributed by atoms with Crippen molar-refractivity contribution < 1.29 is 25.6 Å². The van der Waals surface area contributed by atoms with Crippen LogP contribution in [0.1, 0.15) is 17.5 Å². The summed E-state index contributed by atoms with van der Waals surface area (Å²) < 4.78 is 65.5. The molecule has 2 aromatic carbocycles. The van der Waals surface area contributed by atoms with Gasteiger partial charge in [0.25, 0.3) is 10.1 Å². The lowest BCUT2D eigenvalue weighted by atomic mass is 10.1. The summed E-state index contributed by atoms with van der Waals surface area (Å²) in [5, 5.41) is 0. The summed E-state index contributed by atoms with van der Waals surface area (Å²) in [5.74, 6) is 0.107. The van der Waals surface area contributed by atoms with E-state index in [1.807, 2.05) is 51.2 Å². The van der Waals surface area contributed by atoms with E-state index in [-0.39, 0.29) is 15.5 Å². The summed E-state index contributed by atoms with van der Waals surface area (Å²) in [6.45, 7) is 0. The molecule has 0 bridgehead atoms. The second kappa shape index (κ2) is 7.61. The Hall–Kier alpha value is 0.290. The molecule has 11 heteroatoms. The van der Waals surface area contributed by atoms with Gasteiger partial charge in [-0.05, 0) is 117 Å². The van der Waals surface area contributed by atoms with Crippen molar-refractivity contribution in [3.05, 3.63) is 46.1 Å². The van der Waals surface area contributed by atoms with E-state index in [1.54, 1.807) is 6.07 Å². The van der Waals surface area contributed by atoms with Gasteiger partial charge in [0, 0.05) is 16.3 Å². The largest absolute Gasteiger partial charge is 0.379 e. The van der Waals surface area contributed by atoms with E-state index in [9.17, 15) is 21.4 Å². The fourth-order valence-corrected chi connectivity index (χ4v) is 8.43. The van der Waals surface area contributed by atoms with Crippen LogP contribution in [0.2, 0.25) is 0 Å². The standard InChI is InChI=1S/C15H11I3O6S2/c16-10-4-5-11(17)15(14(10)18)26(22,23)24-12-6-7-13(25(19,20)21)9-3-1-2-8(9)12/h4-7H,1-3H2,(H,19,20,21). The first-order valence-electron chi connectivity index (χ1n) is 7.22. The van der Waals surface area contributed by atoms with Crippen LogP contribution in [-0.2, 0) is 33.1 Å². The maximum absolute atomic E-state index is 12.9. The van der Waals surface area contributed by atoms with Crippen molar-refractivity contribution in [3.8, 4) is 5.75 Å². The molecule has 1 N–H and O–H groups in total. The Morgan fingerprint density at radius 2 is 1.50 bits per heavy atom. The van der Waals surface area contributed by atoms with Crippen LogP contribution < -0.4 is 4.18 Å². The maximum Gasteiger partial charge on any atom is 0.341 e. The predicted octanol–water partition coefficient (Wildman–Crippen LogP) is 4.00. The third-order valence-corrected chi connectivity index (χ3v) is 10.9. The molecule has 26 heavy (non-hydrogen) atoms. The van der Waals surface area contributed by atoms with E-state index in [2.05, 4.69) is 22.6 Å². The molecule has 0 amide bonds. The van der Waals surface area contributed by atoms with E-state index in [0.717, 1.165) is 3.57 Å². The number of rotatable bonds is 4. The highest BCUT2D eigenvalue weighted by Gasteiger charge is 2.30. The van der Waals surface area contributed by atoms with Crippen molar-refractivity contribution in [1.29, 1.82) is 0 Å². The van der Waals surface area contributed by atoms with Crippen molar-refractivity contribution >= 4 is 88.0 Å². The summed E-state index contributed by atoms with van der Waals surface area (Å²) in [7, 11) is -8.47. The van der Waals surface area contributed by atoms with Gasteiger partial charge in [-0.15, -0.1) is 0 Å². The summed E-state index contributed by atoms with van der Waals surface area (Å²) >= 11 is 5.97. The summed E-state index contributed by atoms with van der Waals surface area (Å²) in [4.78, 5) is -0.0932. The maximum atomic E-state index is 12.9. The van der Waals surface area contributed by atoms with Crippen LogP contribution in [0, 0.1) is 10.7 Å². The van der Waals surface area contributed by atoms with Crippen LogP contribution >= 0.6 is 67.8 Å². The van der Waals surface area contributed by atoms with Gasteiger partial charge in [-0.25, -0.2) is 0 Å². The minimum Gasteiger partial charge on any atom is -0.379 e. The van der Waals surface area contributed by atoms with E-state index in [0.29, 0.717) is 37.5 Å². The topological polar surface area (TPSA) is 97.7 Å². The van der Waals surface area contributed by atoms with Crippen molar-refractivity contribution in [2.45, 2.75) is 29.1 Å². The van der Waals surface area contributed by atoms with Crippen molar-refractivity contribution in [2.24, 2.45) is 0 Å². The molecular formula is C15H11I3O6S2. The monoisotopic (exact) mass is 732 g/mol. The zero-order chi connectivity index (χ0) is 19.3. The van der Waals surface area contributed by atoms with Crippen molar-refractivity contribution in [2.75, 3.05) is 0 Å². The Labute approximate surface area is 192 Å². The molecule has 1 aliphatic carbocycles. The lowest BCUT2D eigenvalue weighted by molar-refractivity contribution is 0.479. The molecular weight excluding hydrogens is 721 g/mol. The van der Waals surface area contributed by atoms with Crippen molar-refractivity contribution in [1.82, 2.24) is 0 Å². The lowest BCUT2D eigenvalue weighted by Crippen LogP contribution is -2.15. The molecule has 0 aliphatic heterocycles. The van der Waals surface area contributed by atoms with E-state index < -0.39 is 20.2 Å². The van der Waals surface area contributed by atoms with Crippen LogP contribution in [0.15, 0.2) is 34.1 Å². The normalized spacial score (nSPS) is 14.3. The zero-order valence-electron chi connectivity index (χ0n) is 12.9. The lowest BCUT2D eigenvalue weighted by Gasteiger charge is -2.15. The Morgan fingerprint density at radius 3 is 2.15 bits per heavy atom. The second-order valence-corrected chi connectivity index (χ2v) is 11.8. The summed E-state index contributed by atoms with van der Waals surface area (Å²) in [6.07, 6.45) is 1.60. The van der Waals surface area contributed by atoms with Crippen molar-refractivity contribution in [3.63, 3.8) is 0 Å². The van der Waals surface area contributed by atoms with Crippen LogP contribution in [0.25, 0.3) is 0 Å². The minimum absolute atomic E-state index is 0.0937. The van der Waals surface area contributed by atoms with Crippen LogP contribution in [0.4, 0.5) is 0 Å². The number of halogens is 3. The van der Waals surface area contributed by atoms with Crippen LogP contribution in [0.3, 0.4) is 0 Å². The molecule has 0 atom stereocenters. The first kappa shape index (κ1) is 21.0. The summed E-state index contributed by atoms with van der Waals surface area (Å²) in [6, 6.07) is 6.00. The van der Waals surface area contributed by atoms with Gasteiger partial charge in [-0.1, -0.05) is 0 Å². The number of fused-ring (bicyclic) bond motifs is 1. The molecule has 0 saturated carbocycles. The Kier molecular flexibility index (Phi) is 6.15. The van der Waals surface area contributed by atoms with Crippen LogP contribution in [-0.4, -0.2) is 21.4 Å². The Balaban J connectivity index is 2.11. The molecule has 0 saturated heterocycles. The molecule has 1 aliphatic rings. The van der Waals surface area contributed by atoms with E-state index in [4.69, 9.17) is 4.18 Å². The van der Waals surface area contributed by atoms with Gasteiger partial charge in [-0.2, -0.15) is 16.8 Å².